The molecule has 0 aromatic heterocycles. The van der Waals surface area contributed by atoms with Crippen LogP contribution in [0.5, 0.6) is 0 Å². The van der Waals surface area contributed by atoms with Crippen LogP contribution in [0.4, 0.5) is 0 Å². The smallest absolute Gasteiger partial charge is 0.262 e. The van der Waals surface area contributed by atoms with Gasteiger partial charge < -0.3 is 10.2 Å². The number of piperidine rings is 2. The Morgan fingerprint density at radius 2 is 1.86 bits per heavy atom. The van der Waals surface area contributed by atoms with E-state index in [1.165, 1.54) is 19.3 Å². The van der Waals surface area contributed by atoms with Crippen molar-refractivity contribution in [2.45, 2.75) is 50.7 Å². The molecule has 0 radical (unpaired) electrons. The number of carbonyl (C=O) groups excluding carboxylic acids is 4. The minimum absolute atomic E-state index is 0.120. The molecule has 2 saturated heterocycles. The number of amides is 4. The first-order chi connectivity index (χ1) is 13.9. The van der Waals surface area contributed by atoms with Crippen LogP contribution in [0.1, 0.15) is 58.4 Å². The van der Waals surface area contributed by atoms with Crippen LogP contribution in [0.2, 0.25) is 0 Å². The number of nitrogens with zero attached hydrogens (tertiary/aromatic N) is 2. The maximum atomic E-state index is 12.9. The summed E-state index contributed by atoms with van der Waals surface area (Å²) in [6.07, 6.45) is 3.93. The Labute approximate surface area is 169 Å². The van der Waals surface area contributed by atoms with Gasteiger partial charge in [-0.1, -0.05) is 12.5 Å². The average molecular weight is 398 g/mol. The van der Waals surface area contributed by atoms with Crippen molar-refractivity contribution in [2.24, 2.45) is 0 Å². The lowest BCUT2D eigenvalue weighted by Gasteiger charge is -2.28. The van der Waals surface area contributed by atoms with Gasteiger partial charge in [0.2, 0.25) is 11.8 Å². The first-order valence-corrected chi connectivity index (χ1v) is 10.2. The number of nitrogens with one attached hydrogen (secondary N) is 2. The van der Waals surface area contributed by atoms with Crippen LogP contribution in [-0.2, 0) is 16.1 Å². The van der Waals surface area contributed by atoms with Gasteiger partial charge in [-0.25, -0.2) is 0 Å². The molecule has 0 spiro atoms. The van der Waals surface area contributed by atoms with Crippen LogP contribution >= 0.6 is 0 Å². The number of hydrogen-bond acceptors (Lipinski definition) is 6. The van der Waals surface area contributed by atoms with Crippen LogP contribution in [0, 0.1) is 0 Å². The molecule has 3 heterocycles. The number of fused-ring (bicyclic) bond motifs is 1. The van der Waals surface area contributed by atoms with Gasteiger partial charge in [0, 0.05) is 25.6 Å². The molecule has 4 rings (SSSR count). The van der Waals surface area contributed by atoms with Crippen LogP contribution in [0.3, 0.4) is 0 Å². The summed E-state index contributed by atoms with van der Waals surface area (Å²) in [7, 11) is 2.05. The first-order valence-electron chi connectivity index (χ1n) is 10.2. The van der Waals surface area contributed by atoms with Crippen molar-refractivity contribution in [3.63, 3.8) is 0 Å². The van der Waals surface area contributed by atoms with Crippen molar-refractivity contribution in [1.82, 2.24) is 20.4 Å². The molecule has 1 unspecified atom stereocenters. The van der Waals surface area contributed by atoms with Crippen LogP contribution < -0.4 is 10.6 Å². The van der Waals surface area contributed by atoms with Gasteiger partial charge in [0.05, 0.1) is 11.1 Å². The van der Waals surface area contributed by atoms with E-state index >= 15 is 0 Å². The van der Waals surface area contributed by atoms with Crippen LogP contribution in [0.25, 0.3) is 0 Å². The standard InChI is InChI=1S/C21H26N4O4/c1-24(12-14-4-2-3-9-22-14)11-13-5-6-15-16(10-13)21(29)25(20(15)28)17-7-8-18(26)23-19(17)27/h5-6,10,14,17,22H,2-4,7-9,11-12H2,1H3,(H,23,26,27)/t14-,17?/m0/s1. The summed E-state index contributed by atoms with van der Waals surface area (Å²) >= 11 is 0. The second kappa shape index (κ2) is 8.04. The summed E-state index contributed by atoms with van der Waals surface area (Å²) in [6.45, 7) is 2.65. The van der Waals surface area contributed by atoms with E-state index in [0.717, 1.165) is 23.6 Å². The molecular formula is C21H26N4O4. The van der Waals surface area contributed by atoms with E-state index in [0.29, 0.717) is 23.7 Å². The molecular weight excluding hydrogens is 372 g/mol. The van der Waals surface area contributed by atoms with Crippen LogP contribution in [-0.4, -0.2) is 65.6 Å². The maximum Gasteiger partial charge on any atom is 0.262 e. The molecule has 3 aliphatic rings. The fourth-order valence-electron chi connectivity index (χ4n) is 4.45. The fourth-order valence-corrected chi connectivity index (χ4v) is 4.45. The van der Waals surface area contributed by atoms with E-state index in [1.54, 1.807) is 12.1 Å². The Morgan fingerprint density at radius 3 is 2.59 bits per heavy atom. The quantitative estimate of drug-likeness (QED) is 0.707. The van der Waals surface area contributed by atoms with Crippen molar-refractivity contribution in [3.05, 3.63) is 34.9 Å². The molecule has 154 valence electrons. The Morgan fingerprint density at radius 1 is 1.07 bits per heavy atom. The Kier molecular flexibility index (Phi) is 5.47. The molecule has 0 aliphatic carbocycles. The third-order valence-corrected chi connectivity index (χ3v) is 5.90. The fraction of sp³-hybridized carbons (Fsp3) is 0.524. The molecule has 29 heavy (non-hydrogen) atoms. The topological polar surface area (TPSA) is 98.8 Å². The van der Waals surface area contributed by atoms with Gasteiger partial charge >= 0.3 is 0 Å². The Balaban J connectivity index is 1.46. The molecule has 3 aliphatic heterocycles. The largest absolute Gasteiger partial charge is 0.313 e. The highest BCUT2D eigenvalue weighted by Crippen LogP contribution is 2.28. The molecule has 1 aromatic carbocycles. The minimum atomic E-state index is -0.927. The van der Waals surface area contributed by atoms with Gasteiger partial charge in [0.1, 0.15) is 6.04 Å². The number of carbonyl (C=O) groups is 4. The minimum Gasteiger partial charge on any atom is -0.313 e. The van der Waals surface area contributed by atoms with E-state index in [4.69, 9.17) is 0 Å². The van der Waals surface area contributed by atoms with Crippen molar-refractivity contribution >= 4 is 23.6 Å². The summed E-state index contributed by atoms with van der Waals surface area (Å²) in [5, 5.41) is 5.74. The van der Waals surface area contributed by atoms with Gasteiger partial charge in [-0.15, -0.1) is 0 Å². The monoisotopic (exact) mass is 398 g/mol. The zero-order valence-electron chi connectivity index (χ0n) is 16.6. The van der Waals surface area contributed by atoms with Crippen molar-refractivity contribution in [3.8, 4) is 0 Å². The van der Waals surface area contributed by atoms with Gasteiger partial charge in [0.15, 0.2) is 0 Å². The molecule has 0 saturated carbocycles. The number of likely N-dealkylation sites (N-methyl/N-ethyl adjacent to an activating group) is 1. The molecule has 8 heteroatoms. The highest BCUT2D eigenvalue weighted by Gasteiger charge is 2.44. The predicted octanol–water partition coefficient (Wildman–Crippen LogP) is 0.662. The summed E-state index contributed by atoms with van der Waals surface area (Å²) < 4.78 is 0. The molecule has 0 bridgehead atoms. The second-order valence-electron chi connectivity index (χ2n) is 8.17. The Hall–Kier alpha value is -2.58. The molecule has 4 amide bonds. The molecule has 1 aromatic rings. The third-order valence-electron chi connectivity index (χ3n) is 5.90. The van der Waals surface area contributed by atoms with E-state index < -0.39 is 23.8 Å². The van der Waals surface area contributed by atoms with Gasteiger partial charge in [0.25, 0.3) is 11.8 Å². The molecule has 2 N–H and O–H groups in total. The highest BCUT2D eigenvalue weighted by molar-refractivity contribution is 6.23. The summed E-state index contributed by atoms with van der Waals surface area (Å²) in [5.41, 5.74) is 1.61. The average Bonchev–Trinajstić information content (AvgIpc) is 2.93. The third kappa shape index (κ3) is 3.95. The van der Waals surface area contributed by atoms with Crippen molar-refractivity contribution in [1.29, 1.82) is 0 Å². The SMILES string of the molecule is CN(Cc1ccc2c(c1)C(=O)N(C1CCC(=O)NC1=O)C2=O)C[C@@H]1CCCCN1. The summed E-state index contributed by atoms with van der Waals surface area (Å²) in [6, 6.07) is 4.84. The Bertz CT molecular complexity index is 862. The second-order valence-corrected chi connectivity index (χ2v) is 8.17. The molecule has 8 nitrogen and oxygen atoms in total. The first kappa shape index (κ1) is 19.7. The van der Waals surface area contributed by atoms with Gasteiger partial charge in [-0.3, -0.25) is 29.4 Å². The van der Waals surface area contributed by atoms with E-state index in [9.17, 15) is 19.2 Å². The predicted molar refractivity (Wildman–Crippen MR) is 105 cm³/mol. The molecule has 2 fully saturated rings. The maximum absolute atomic E-state index is 12.9. The number of hydrogen-bond donors (Lipinski definition) is 2. The highest BCUT2D eigenvalue weighted by atomic mass is 16.2. The summed E-state index contributed by atoms with van der Waals surface area (Å²) in [4.78, 5) is 52.4. The summed E-state index contributed by atoms with van der Waals surface area (Å²) in [5.74, 6) is -1.89. The van der Waals surface area contributed by atoms with Crippen LogP contribution in [0.15, 0.2) is 18.2 Å². The van der Waals surface area contributed by atoms with Gasteiger partial charge in [-0.05, 0) is 50.6 Å². The lowest BCUT2D eigenvalue weighted by Crippen LogP contribution is -2.54. The number of rotatable bonds is 5. The number of benzene rings is 1. The van der Waals surface area contributed by atoms with E-state index in [-0.39, 0.29) is 18.7 Å². The van der Waals surface area contributed by atoms with Gasteiger partial charge in [-0.2, -0.15) is 0 Å². The lowest BCUT2D eigenvalue weighted by atomic mass is 10.0. The van der Waals surface area contributed by atoms with Crippen molar-refractivity contribution in [2.75, 3.05) is 20.1 Å². The van der Waals surface area contributed by atoms with E-state index in [1.807, 2.05) is 13.1 Å². The van der Waals surface area contributed by atoms with Crippen molar-refractivity contribution < 1.29 is 19.2 Å². The number of imide groups is 2. The molecule has 2 atom stereocenters. The van der Waals surface area contributed by atoms with E-state index in [2.05, 4.69) is 15.5 Å². The lowest BCUT2D eigenvalue weighted by molar-refractivity contribution is -0.136. The normalized spacial score (nSPS) is 24.8. The zero-order valence-corrected chi connectivity index (χ0v) is 16.6. The zero-order chi connectivity index (χ0) is 20.5.